The smallest absolute Gasteiger partial charge is 0.241 e. The predicted molar refractivity (Wildman–Crippen MR) is 131 cm³/mol. The van der Waals surface area contributed by atoms with E-state index in [0.29, 0.717) is 5.56 Å². The number of sulfonamides is 1. The molecule has 0 aromatic heterocycles. The SMILES string of the molecule is N=C(N)c1ccc(CNC(=O)[C@H](Cc2ccccc2)NS(=O)(=O)c2cccc(C(=N)N)c2)cc1. The molecule has 0 aliphatic heterocycles. The highest BCUT2D eigenvalue weighted by atomic mass is 32.2. The molecule has 1 amide bonds. The molecule has 0 fully saturated rings. The molecule has 0 radical (unpaired) electrons. The van der Waals surface area contributed by atoms with Crippen LogP contribution in [0.2, 0.25) is 0 Å². The van der Waals surface area contributed by atoms with Crippen LogP contribution in [0.25, 0.3) is 0 Å². The van der Waals surface area contributed by atoms with Crippen molar-refractivity contribution in [3.05, 3.63) is 101 Å². The zero-order valence-corrected chi connectivity index (χ0v) is 19.1. The average molecular weight is 479 g/mol. The van der Waals surface area contributed by atoms with Crippen molar-refractivity contribution in [2.24, 2.45) is 11.5 Å². The number of hydrogen-bond acceptors (Lipinski definition) is 5. The van der Waals surface area contributed by atoms with Crippen molar-refractivity contribution in [2.45, 2.75) is 23.9 Å². The summed E-state index contributed by atoms with van der Waals surface area (Å²) in [4.78, 5) is 12.9. The van der Waals surface area contributed by atoms with Crippen LogP contribution in [-0.4, -0.2) is 32.0 Å². The standard InChI is InChI=1S/C24H26N6O3S/c25-22(26)18-11-9-17(10-12-18)15-29-24(31)21(13-16-5-2-1-3-6-16)30-34(32,33)20-8-4-7-19(14-20)23(27)28/h1-12,14,21,30H,13,15H2,(H3,25,26)(H3,27,28)(H,29,31)/t21-/m0/s1. The minimum absolute atomic E-state index is 0.0539. The lowest BCUT2D eigenvalue weighted by molar-refractivity contribution is -0.122. The topological polar surface area (TPSA) is 175 Å². The van der Waals surface area contributed by atoms with Crippen LogP contribution < -0.4 is 21.5 Å². The van der Waals surface area contributed by atoms with Crippen molar-refractivity contribution >= 4 is 27.6 Å². The summed E-state index contributed by atoms with van der Waals surface area (Å²) < 4.78 is 28.6. The van der Waals surface area contributed by atoms with Gasteiger partial charge in [-0.25, -0.2) is 8.42 Å². The van der Waals surface area contributed by atoms with Gasteiger partial charge >= 0.3 is 0 Å². The molecule has 0 saturated carbocycles. The maximum atomic E-state index is 13.1. The first-order valence-electron chi connectivity index (χ1n) is 10.4. The third-order valence-corrected chi connectivity index (χ3v) is 6.55. The monoisotopic (exact) mass is 478 g/mol. The fourth-order valence-electron chi connectivity index (χ4n) is 3.24. The van der Waals surface area contributed by atoms with Crippen molar-refractivity contribution in [2.75, 3.05) is 0 Å². The Morgan fingerprint density at radius 1 is 0.824 bits per heavy atom. The summed E-state index contributed by atoms with van der Waals surface area (Å²) in [6, 6.07) is 20.5. The lowest BCUT2D eigenvalue weighted by Crippen LogP contribution is -2.47. The van der Waals surface area contributed by atoms with Gasteiger partial charge in [-0.2, -0.15) is 4.72 Å². The van der Waals surface area contributed by atoms with E-state index in [0.717, 1.165) is 11.1 Å². The Balaban J connectivity index is 1.80. The summed E-state index contributed by atoms with van der Waals surface area (Å²) in [6.07, 6.45) is 0.140. The fourth-order valence-corrected chi connectivity index (χ4v) is 4.48. The molecule has 8 N–H and O–H groups in total. The summed E-state index contributed by atoms with van der Waals surface area (Å²) in [5.41, 5.74) is 13.3. The van der Waals surface area contributed by atoms with E-state index in [1.54, 1.807) is 24.3 Å². The second kappa shape index (κ2) is 10.7. The van der Waals surface area contributed by atoms with Crippen LogP contribution in [0.15, 0.2) is 83.8 Å². The maximum absolute atomic E-state index is 13.1. The highest BCUT2D eigenvalue weighted by molar-refractivity contribution is 7.89. The molecule has 0 saturated heterocycles. The van der Waals surface area contributed by atoms with E-state index >= 15 is 0 Å². The van der Waals surface area contributed by atoms with Crippen LogP contribution in [0, 0.1) is 10.8 Å². The Bertz CT molecular complexity index is 1290. The molecule has 34 heavy (non-hydrogen) atoms. The van der Waals surface area contributed by atoms with Crippen molar-refractivity contribution in [1.82, 2.24) is 10.0 Å². The highest BCUT2D eigenvalue weighted by Crippen LogP contribution is 2.14. The van der Waals surface area contributed by atoms with E-state index < -0.39 is 22.0 Å². The number of nitrogen functional groups attached to an aromatic ring is 2. The lowest BCUT2D eigenvalue weighted by Gasteiger charge is -2.19. The zero-order valence-electron chi connectivity index (χ0n) is 18.3. The minimum atomic E-state index is -4.08. The van der Waals surface area contributed by atoms with E-state index in [-0.39, 0.29) is 35.1 Å². The summed E-state index contributed by atoms with van der Waals surface area (Å²) in [6.45, 7) is 0.170. The molecule has 9 nitrogen and oxygen atoms in total. The van der Waals surface area contributed by atoms with E-state index in [9.17, 15) is 13.2 Å². The molecule has 0 bridgehead atoms. The minimum Gasteiger partial charge on any atom is -0.384 e. The van der Waals surface area contributed by atoms with Gasteiger partial charge in [0.05, 0.1) is 4.90 Å². The molecule has 1 atom stereocenters. The van der Waals surface area contributed by atoms with E-state index in [1.807, 2.05) is 30.3 Å². The summed E-state index contributed by atoms with van der Waals surface area (Å²) in [5.74, 6) is -0.807. The van der Waals surface area contributed by atoms with E-state index in [1.165, 1.54) is 24.3 Å². The Kier molecular flexibility index (Phi) is 7.77. The van der Waals surface area contributed by atoms with Crippen molar-refractivity contribution in [3.8, 4) is 0 Å². The van der Waals surface area contributed by atoms with Gasteiger partial charge in [0, 0.05) is 17.7 Å². The van der Waals surface area contributed by atoms with E-state index in [4.69, 9.17) is 22.3 Å². The number of amidine groups is 2. The first kappa shape index (κ1) is 24.6. The number of hydrogen-bond donors (Lipinski definition) is 6. The molecule has 0 aliphatic carbocycles. The van der Waals surface area contributed by atoms with Crippen LogP contribution >= 0.6 is 0 Å². The van der Waals surface area contributed by atoms with Gasteiger partial charge in [-0.3, -0.25) is 15.6 Å². The van der Waals surface area contributed by atoms with Gasteiger partial charge in [0.15, 0.2) is 0 Å². The Morgan fingerprint density at radius 3 is 2.09 bits per heavy atom. The number of rotatable bonds is 10. The van der Waals surface area contributed by atoms with Gasteiger partial charge in [-0.05, 0) is 29.7 Å². The molecule has 3 rings (SSSR count). The number of nitrogens with one attached hydrogen (secondary N) is 4. The first-order valence-corrected chi connectivity index (χ1v) is 11.9. The van der Waals surface area contributed by atoms with Crippen LogP contribution in [0.4, 0.5) is 0 Å². The van der Waals surface area contributed by atoms with Gasteiger partial charge in [-0.15, -0.1) is 0 Å². The Labute approximate surface area is 198 Å². The van der Waals surface area contributed by atoms with Gasteiger partial charge in [0.1, 0.15) is 17.7 Å². The number of amides is 1. The van der Waals surface area contributed by atoms with E-state index in [2.05, 4.69) is 10.0 Å². The molecule has 3 aromatic rings. The van der Waals surface area contributed by atoms with Crippen LogP contribution in [0.5, 0.6) is 0 Å². The third kappa shape index (κ3) is 6.50. The van der Waals surface area contributed by atoms with Gasteiger partial charge in [0.2, 0.25) is 15.9 Å². The molecule has 0 unspecified atom stereocenters. The molecule has 0 heterocycles. The normalized spacial score (nSPS) is 12.0. The average Bonchev–Trinajstić information content (AvgIpc) is 2.83. The lowest BCUT2D eigenvalue weighted by atomic mass is 10.1. The molecule has 3 aromatic carbocycles. The second-order valence-corrected chi connectivity index (χ2v) is 9.35. The number of nitrogens with two attached hydrogens (primary N) is 2. The van der Waals surface area contributed by atoms with Gasteiger partial charge < -0.3 is 16.8 Å². The summed E-state index contributed by atoms with van der Waals surface area (Å²) in [7, 11) is -4.08. The molecular formula is C24H26N6O3S. The van der Waals surface area contributed by atoms with Crippen LogP contribution in [0.3, 0.4) is 0 Å². The third-order valence-electron chi connectivity index (χ3n) is 5.08. The first-order chi connectivity index (χ1) is 16.2. The molecule has 0 aliphatic rings. The van der Waals surface area contributed by atoms with Gasteiger partial charge in [-0.1, -0.05) is 66.7 Å². The Morgan fingerprint density at radius 2 is 1.47 bits per heavy atom. The highest BCUT2D eigenvalue weighted by Gasteiger charge is 2.26. The zero-order chi connectivity index (χ0) is 24.7. The van der Waals surface area contributed by atoms with Crippen molar-refractivity contribution in [3.63, 3.8) is 0 Å². The summed E-state index contributed by atoms with van der Waals surface area (Å²) >= 11 is 0. The molecule has 10 heteroatoms. The molecule has 176 valence electrons. The largest absolute Gasteiger partial charge is 0.384 e. The van der Waals surface area contributed by atoms with Crippen LogP contribution in [0.1, 0.15) is 22.3 Å². The molecule has 0 spiro atoms. The van der Waals surface area contributed by atoms with Crippen LogP contribution in [-0.2, 0) is 27.8 Å². The second-order valence-electron chi connectivity index (χ2n) is 7.63. The number of carbonyl (C=O) groups excluding carboxylic acids is 1. The predicted octanol–water partition coefficient (Wildman–Crippen LogP) is 1.46. The molecular weight excluding hydrogens is 452 g/mol. The Hall–Kier alpha value is -4.02. The number of benzene rings is 3. The summed E-state index contributed by atoms with van der Waals surface area (Å²) in [5, 5.41) is 17.8. The number of carbonyl (C=O) groups is 1. The maximum Gasteiger partial charge on any atom is 0.241 e. The fraction of sp³-hybridized carbons (Fsp3) is 0.125. The quantitative estimate of drug-likeness (QED) is 0.191. The van der Waals surface area contributed by atoms with Gasteiger partial charge in [0.25, 0.3) is 0 Å². The van der Waals surface area contributed by atoms with Crippen molar-refractivity contribution < 1.29 is 13.2 Å². The van der Waals surface area contributed by atoms with Crippen molar-refractivity contribution in [1.29, 1.82) is 10.8 Å².